The summed E-state index contributed by atoms with van der Waals surface area (Å²) in [7, 11) is 1.58. The molecule has 0 bridgehead atoms. The highest BCUT2D eigenvalue weighted by Crippen LogP contribution is 2.25. The Labute approximate surface area is 161 Å². The second-order valence-electron chi connectivity index (χ2n) is 7.22. The highest BCUT2D eigenvalue weighted by Gasteiger charge is 2.24. The first-order chi connectivity index (χ1) is 13.2. The van der Waals surface area contributed by atoms with Crippen molar-refractivity contribution in [2.75, 3.05) is 39.8 Å². The predicted octanol–water partition coefficient (Wildman–Crippen LogP) is 3.39. The second kappa shape index (κ2) is 9.69. The van der Waals surface area contributed by atoms with Crippen LogP contribution >= 0.6 is 0 Å². The van der Waals surface area contributed by atoms with Crippen molar-refractivity contribution in [3.63, 3.8) is 0 Å². The Balaban J connectivity index is 1.65. The highest BCUT2D eigenvalue weighted by atomic mass is 16.5. The average Bonchev–Trinajstić information content (AvgIpc) is 3.18. The molecule has 27 heavy (non-hydrogen) atoms. The van der Waals surface area contributed by atoms with Gasteiger partial charge in [-0.05, 0) is 63.4 Å². The summed E-state index contributed by atoms with van der Waals surface area (Å²) in [6.45, 7) is 6.86. The standard InChI is InChI=1S/C20H31N5O2/c1-3-24-11-7-8-17(24)15-21-20(26)18-14-16(9-10-19(18)27-2)22-23-25-12-5-4-6-13-25/h9-10,14,17H,3-8,11-13,15H2,1-2H3,(H,21,26). The fraction of sp³-hybridized carbons (Fsp3) is 0.650. The Morgan fingerprint density at radius 1 is 1.22 bits per heavy atom. The van der Waals surface area contributed by atoms with Crippen LogP contribution < -0.4 is 10.1 Å². The van der Waals surface area contributed by atoms with Crippen molar-refractivity contribution < 1.29 is 9.53 Å². The number of piperidine rings is 1. The van der Waals surface area contributed by atoms with Crippen LogP contribution in [-0.2, 0) is 0 Å². The van der Waals surface area contributed by atoms with Crippen LogP contribution in [0.4, 0.5) is 5.69 Å². The van der Waals surface area contributed by atoms with Crippen molar-refractivity contribution in [2.45, 2.75) is 45.1 Å². The maximum atomic E-state index is 12.7. The van der Waals surface area contributed by atoms with Gasteiger partial charge in [0.15, 0.2) is 0 Å². The van der Waals surface area contributed by atoms with Crippen LogP contribution in [0.3, 0.4) is 0 Å². The van der Waals surface area contributed by atoms with E-state index in [-0.39, 0.29) is 5.91 Å². The third-order valence-corrected chi connectivity index (χ3v) is 5.45. The number of methoxy groups -OCH3 is 1. The minimum Gasteiger partial charge on any atom is -0.496 e. The first-order valence-electron chi connectivity index (χ1n) is 10.1. The molecule has 2 heterocycles. The van der Waals surface area contributed by atoms with Crippen LogP contribution in [0.15, 0.2) is 28.5 Å². The van der Waals surface area contributed by atoms with Crippen molar-refractivity contribution in [3.05, 3.63) is 23.8 Å². The first-order valence-corrected chi connectivity index (χ1v) is 10.1. The van der Waals surface area contributed by atoms with E-state index in [1.807, 2.05) is 11.1 Å². The Kier molecular flexibility index (Phi) is 7.04. The lowest BCUT2D eigenvalue weighted by molar-refractivity contribution is 0.0938. The summed E-state index contributed by atoms with van der Waals surface area (Å²) in [5, 5.41) is 13.7. The lowest BCUT2D eigenvalue weighted by atomic mass is 10.1. The molecule has 0 spiro atoms. The van der Waals surface area contributed by atoms with E-state index in [0.717, 1.165) is 45.4 Å². The van der Waals surface area contributed by atoms with Crippen molar-refractivity contribution in [1.82, 2.24) is 15.2 Å². The molecular weight excluding hydrogens is 342 g/mol. The summed E-state index contributed by atoms with van der Waals surface area (Å²) in [4.78, 5) is 15.2. The van der Waals surface area contributed by atoms with Crippen LogP contribution in [0, 0.1) is 0 Å². The molecule has 2 aliphatic heterocycles. The topological polar surface area (TPSA) is 69.5 Å². The number of hydrogen-bond acceptors (Lipinski definition) is 5. The van der Waals surface area contributed by atoms with E-state index < -0.39 is 0 Å². The fourth-order valence-electron chi connectivity index (χ4n) is 3.87. The zero-order valence-electron chi connectivity index (χ0n) is 16.5. The molecular formula is C20H31N5O2. The van der Waals surface area contributed by atoms with E-state index in [1.165, 1.54) is 12.8 Å². The van der Waals surface area contributed by atoms with Gasteiger partial charge < -0.3 is 10.1 Å². The van der Waals surface area contributed by atoms with Gasteiger partial charge in [-0.1, -0.05) is 12.1 Å². The smallest absolute Gasteiger partial charge is 0.255 e. The zero-order chi connectivity index (χ0) is 19.1. The number of carbonyl (C=O) groups excluding carboxylic acids is 1. The van der Waals surface area contributed by atoms with E-state index >= 15 is 0 Å². The minimum absolute atomic E-state index is 0.121. The van der Waals surface area contributed by atoms with Crippen LogP contribution in [0.1, 0.15) is 49.4 Å². The molecule has 2 aliphatic rings. The maximum Gasteiger partial charge on any atom is 0.255 e. The van der Waals surface area contributed by atoms with Crippen molar-refractivity contribution in [3.8, 4) is 5.75 Å². The summed E-state index contributed by atoms with van der Waals surface area (Å²) in [6, 6.07) is 5.80. The molecule has 1 unspecified atom stereocenters. The summed E-state index contributed by atoms with van der Waals surface area (Å²) in [6.07, 6.45) is 5.91. The fourth-order valence-corrected chi connectivity index (χ4v) is 3.87. The molecule has 0 aliphatic carbocycles. The Hall–Kier alpha value is -2.15. The molecule has 7 nitrogen and oxygen atoms in total. The maximum absolute atomic E-state index is 12.7. The van der Waals surface area contributed by atoms with E-state index in [1.54, 1.807) is 19.2 Å². The van der Waals surface area contributed by atoms with Crippen LogP contribution in [0.2, 0.25) is 0 Å². The molecule has 0 radical (unpaired) electrons. The molecule has 1 amide bonds. The lowest BCUT2D eigenvalue weighted by Gasteiger charge is -2.23. The van der Waals surface area contributed by atoms with Gasteiger partial charge in [0.05, 0.1) is 18.4 Å². The number of carbonyl (C=O) groups is 1. The van der Waals surface area contributed by atoms with Gasteiger partial charge in [-0.15, -0.1) is 5.11 Å². The lowest BCUT2D eigenvalue weighted by Crippen LogP contribution is -2.40. The molecule has 148 valence electrons. The quantitative estimate of drug-likeness (QED) is 0.744. The summed E-state index contributed by atoms with van der Waals surface area (Å²) in [5.74, 6) is 0.438. The molecule has 1 atom stereocenters. The molecule has 0 saturated carbocycles. The third-order valence-electron chi connectivity index (χ3n) is 5.45. The molecule has 2 saturated heterocycles. The highest BCUT2D eigenvalue weighted by molar-refractivity contribution is 5.97. The first kappa shape index (κ1) is 19.6. The molecule has 2 fully saturated rings. The van der Waals surface area contributed by atoms with Crippen molar-refractivity contribution in [2.24, 2.45) is 10.3 Å². The van der Waals surface area contributed by atoms with Gasteiger partial charge in [0.25, 0.3) is 5.91 Å². The Morgan fingerprint density at radius 2 is 2.04 bits per heavy atom. The number of nitrogens with one attached hydrogen (secondary N) is 1. The molecule has 1 aromatic rings. The van der Waals surface area contributed by atoms with Gasteiger partial charge in [-0.3, -0.25) is 14.7 Å². The minimum atomic E-state index is -0.121. The Bertz CT molecular complexity index is 658. The normalized spacial score (nSPS) is 21.0. The number of ether oxygens (including phenoxy) is 1. The van der Waals surface area contributed by atoms with Gasteiger partial charge in [-0.25, -0.2) is 0 Å². The molecule has 1 N–H and O–H groups in total. The zero-order valence-corrected chi connectivity index (χ0v) is 16.5. The van der Waals surface area contributed by atoms with E-state index in [2.05, 4.69) is 27.5 Å². The predicted molar refractivity (Wildman–Crippen MR) is 106 cm³/mol. The van der Waals surface area contributed by atoms with Crippen molar-refractivity contribution in [1.29, 1.82) is 0 Å². The number of nitrogens with zero attached hydrogens (tertiary/aromatic N) is 4. The number of likely N-dealkylation sites (N-methyl/N-ethyl adjacent to an activating group) is 1. The largest absolute Gasteiger partial charge is 0.496 e. The number of amides is 1. The Morgan fingerprint density at radius 3 is 2.78 bits per heavy atom. The molecule has 3 rings (SSSR count). The van der Waals surface area contributed by atoms with Crippen LogP contribution in [0.5, 0.6) is 5.75 Å². The molecule has 1 aromatic carbocycles. The third kappa shape index (κ3) is 5.19. The van der Waals surface area contributed by atoms with Crippen LogP contribution in [0.25, 0.3) is 0 Å². The van der Waals surface area contributed by atoms with Gasteiger partial charge in [0.1, 0.15) is 5.75 Å². The molecule has 0 aromatic heterocycles. The summed E-state index contributed by atoms with van der Waals surface area (Å²) in [5.41, 5.74) is 1.18. The van der Waals surface area contributed by atoms with E-state index in [0.29, 0.717) is 29.6 Å². The molecule has 7 heteroatoms. The van der Waals surface area contributed by atoms with Crippen LogP contribution in [-0.4, -0.2) is 61.7 Å². The van der Waals surface area contributed by atoms with Gasteiger partial charge in [0, 0.05) is 25.7 Å². The summed E-state index contributed by atoms with van der Waals surface area (Å²) < 4.78 is 5.38. The average molecular weight is 374 g/mol. The van der Waals surface area contributed by atoms with Crippen molar-refractivity contribution >= 4 is 11.6 Å². The van der Waals surface area contributed by atoms with E-state index in [9.17, 15) is 4.79 Å². The van der Waals surface area contributed by atoms with Gasteiger partial charge in [0.2, 0.25) is 0 Å². The number of rotatable bonds is 7. The number of likely N-dealkylation sites (tertiary alicyclic amines) is 1. The number of benzene rings is 1. The number of hydrogen-bond donors (Lipinski definition) is 1. The summed E-state index contributed by atoms with van der Waals surface area (Å²) >= 11 is 0. The van der Waals surface area contributed by atoms with E-state index in [4.69, 9.17) is 4.74 Å². The monoisotopic (exact) mass is 373 g/mol. The van der Waals surface area contributed by atoms with Gasteiger partial charge >= 0.3 is 0 Å². The van der Waals surface area contributed by atoms with Gasteiger partial charge in [-0.2, -0.15) is 0 Å². The SMILES string of the molecule is CCN1CCCC1CNC(=O)c1cc(N=NN2CCCCC2)ccc1OC. The second-order valence-corrected chi connectivity index (χ2v) is 7.22.